The fraction of sp³-hybridized carbons (Fsp3) is 0. The van der Waals surface area contributed by atoms with Gasteiger partial charge in [0.2, 0.25) is 0 Å². The molecule has 0 saturated heterocycles. The third-order valence-electron chi connectivity index (χ3n) is 0.213. The van der Waals surface area contributed by atoms with Crippen LogP contribution in [0.15, 0.2) is 0 Å². The Kier molecular flexibility index (Phi) is 5.87. The maximum absolute atomic E-state index is 9.63. The number of rotatable bonds is 2. The number of phosphoric acid groups is 2. The monoisotopic (exact) mass is 292 g/mol. The Morgan fingerprint density at radius 2 is 1.10 bits per heavy atom. The van der Waals surface area contributed by atoms with E-state index in [2.05, 4.69) is 4.31 Å². The van der Waals surface area contributed by atoms with Crippen molar-refractivity contribution >= 4 is 15.6 Å². The molecular weight excluding hydrogens is 286 g/mol. The van der Waals surface area contributed by atoms with Crippen LogP contribution in [0, 0.1) is 0 Å². The molecule has 0 amide bonds. The van der Waals surface area contributed by atoms with Gasteiger partial charge in [-0.05, 0) is 0 Å². The summed E-state index contributed by atoms with van der Waals surface area (Å²) in [7, 11) is -10.1. The zero-order valence-corrected chi connectivity index (χ0v) is 10.4. The van der Waals surface area contributed by atoms with E-state index in [0.29, 0.717) is 0 Å². The first kappa shape index (κ1) is 13.8. The van der Waals surface area contributed by atoms with Crippen molar-refractivity contribution in [3.8, 4) is 0 Å². The number of hydrogen-bond donors (Lipinski definition) is 4. The molecule has 0 aromatic heterocycles. The van der Waals surface area contributed by atoms with Gasteiger partial charge in [-0.3, -0.25) is 0 Å². The standard InChI is InChI=1S/Cd.H4O7P2/c;1-8(2,3)7-9(4,5)6/h;(H2,1,2,3)(H2,4,5,6). The van der Waals surface area contributed by atoms with Crippen LogP contribution in [0.4, 0.5) is 0 Å². The van der Waals surface area contributed by atoms with Crippen molar-refractivity contribution in [3.05, 3.63) is 0 Å². The van der Waals surface area contributed by atoms with Crippen molar-refractivity contribution in [2.24, 2.45) is 0 Å². The quantitative estimate of drug-likeness (QED) is 0.387. The van der Waals surface area contributed by atoms with E-state index in [1.54, 1.807) is 0 Å². The average Bonchev–Trinajstić information content (AvgIpc) is 1.14. The molecule has 7 nitrogen and oxygen atoms in total. The number of hydrogen-bond acceptors (Lipinski definition) is 3. The largest absolute Gasteiger partial charge is 0.478 e. The van der Waals surface area contributed by atoms with Crippen molar-refractivity contribution in [2.45, 2.75) is 0 Å². The molecule has 0 aromatic rings. The molecule has 0 atom stereocenters. The fourth-order valence-electron chi connectivity index (χ4n) is 0.139. The summed E-state index contributed by atoms with van der Waals surface area (Å²) >= 11 is 0. The Morgan fingerprint density at radius 1 is 0.900 bits per heavy atom. The zero-order chi connectivity index (χ0) is 7.71. The predicted molar refractivity (Wildman–Crippen MR) is 25.2 cm³/mol. The van der Waals surface area contributed by atoms with E-state index in [9.17, 15) is 9.13 Å². The van der Waals surface area contributed by atoms with Gasteiger partial charge in [0.15, 0.2) is 0 Å². The van der Waals surface area contributed by atoms with E-state index in [1.807, 2.05) is 0 Å². The van der Waals surface area contributed by atoms with E-state index in [0.717, 1.165) is 0 Å². The van der Waals surface area contributed by atoms with Crippen LogP contribution in [0.25, 0.3) is 0 Å². The minimum atomic E-state index is -5.05. The molecule has 0 heterocycles. The van der Waals surface area contributed by atoms with E-state index in [4.69, 9.17) is 19.6 Å². The molecule has 10 heteroatoms. The summed E-state index contributed by atoms with van der Waals surface area (Å²) in [6, 6.07) is 0. The van der Waals surface area contributed by atoms with Crippen LogP contribution < -0.4 is 0 Å². The maximum Gasteiger partial charge on any atom is 0.478 e. The van der Waals surface area contributed by atoms with Crippen LogP contribution in [0.3, 0.4) is 0 Å². The van der Waals surface area contributed by atoms with Gasteiger partial charge < -0.3 is 19.6 Å². The molecular formula is H4CdO7P2. The molecule has 0 rings (SSSR count). The van der Waals surface area contributed by atoms with E-state index in [1.165, 1.54) is 0 Å². The first-order chi connectivity index (χ1) is 3.71. The molecule has 0 bridgehead atoms. The van der Waals surface area contributed by atoms with Gasteiger partial charge in [-0.25, -0.2) is 9.13 Å². The van der Waals surface area contributed by atoms with Crippen molar-refractivity contribution < 1.29 is 60.3 Å². The van der Waals surface area contributed by atoms with E-state index >= 15 is 0 Å². The van der Waals surface area contributed by atoms with E-state index < -0.39 is 15.6 Å². The summed E-state index contributed by atoms with van der Waals surface area (Å²) in [5.41, 5.74) is 0. The van der Waals surface area contributed by atoms with Crippen LogP contribution in [-0.4, -0.2) is 19.6 Å². The molecule has 58 valence electrons. The molecule has 0 spiro atoms. The minimum absolute atomic E-state index is 0. The second kappa shape index (κ2) is 4.27. The average molecular weight is 290 g/mol. The Morgan fingerprint density at radius 3 is 1.10 bits per heavy atom. The SMILES string of the molecule is O=P(O)(O)OP(=O)(O)O.[Cd]. The first-order valence-electron chi connectivity index (χ1n) is 1.53. The first-order valence-corrected chi connectivity index (χ1v) is 4.59. The summed E-state index contributed by atoms with van der Waals surface area (Å²) in [5.74, 6) is 0. The summed E-state index contributed by atoms with van der Waals surface area (Å²) in [4.78, 5) is 31.0. The molecule has 10 heavy (non-hydrogen) atoms. The van der Waals surface area contributed by atoms with Gasteiger partial charge in [-0.2, -0.15) is 4.31 Å². The minimum Gasteiger partial charge on any atom is -0.302 e. The van der Waals surface area contributed by atoms with Crippen molar-refractivity contribution in [1.29, 1.82) is 0 Å². The summed E-state index contributed by atoms with van der Waals surface area (Å²) in [5, 5.41) is 0. The Bertz CT molecular complexity index is 152. The van der Waals surface area contributed by atoms with Crippen molar-refractivity contribution in [3.63, 3.8) is 0 Å². The second-order valence-electron chi connectivity index (χ2n) is 1.06. The Balaban J connectivity index is 0. The second-order valence-corrected chi connectivity index (χ2v) is 3.68. The van der Waals surface area contributed by atoms with E-state index in [-0.39, 0.29) is 27.3 Å². The van der Waals surface area contributed by atoms with Gasteiger partial charge in [0.1, 0.15) is 0 Å². The van der Waals surface area contributed by atoms with Crippen LogP contribution in [0.5, 0.6) is 0 Å². The molecule has 0 aliphatic heterocycles. The Labute approximate surface area is 76.0 Å². The molecule has 0 aliphatic carbocycles. The normalized spacial score (nSPS) is 12.4. The molecule has 0 unspecified atom stereocenters. The van der Waals surface area contributed by atoms with Gasteiger partial charge in [0.25, 0.3) is 0 Å². The van der Waals surface area contributed by atoms with Gasteiger partial charge in [-0.15, -0.1) is 0 Å². The summed E-state index contributed by atoms with van der Waals surface area (Å²) < 4.78 is 22.2. The molecule has 0 fully saturated rings. The third kappa shape index (κ3) is 11.9. The maximum atomic E-state index is 9.63. The van der Waals surface area contributed by atoms with Crippen LogP contribution in [0.1, 0.15) is 0 Å². The topological polar surface area (TPSA) is 124 Å². The fourth-order valence-corrected chi connectivity index (χ4v) is 1.25. The van der Waals surface area contributed by atoms with Crippen molar-refractivity contribution in [1.82, 2.24) is 0 Å². The van der Waals surface area contributed by atoms with Gasteiger partial charge in [0, 0.05) is 27.3 Å². The Hall–Kier alpha value is 1.18. The smallest absolute Gasteiger partial charge is 0.302 e. The van der Waals surface area contributed by atoms with Crippen molar-refractivity contribution in [2.75, 3.05) is 0 Å². The summed E-state index contributed by atoms with van der Waals surface area (Å²) in [6.07, 6.45) is 0. The molecule has 0 radical (unpaired) electrons. The molecule has 0 aromatic carbocycles. The van der Waals surface area contributed by atoms with Crippen LogP contribution in [-0.2, 0) is 40.7 Å². The van der Waals surface area contributed by atoms with Gasteiger partial charge in [-0.1, -0.05) is 0 Å². The van der Waals surface area contributed by atoms with Gasteiger partial charge >= 0.3 is 15.6 Å². The van der Waals surface area contributed by atoms with Gasteiger partial charge in [0.05, 0.1) is 0 Å². The van der Waals surface area contributed by atoms with Crippen LogP contribution in [0.2, 0.25) is 0 Å². The predicted octanol–water partition coefficient (Wildman–Crippen LogP) is -0.814. The molecule has 0 aliphatic rings. The zero-order valence-electron chi connectivity index (χ0n) is 4.62. The molecule has 0 saturated carbocycles. The van der Waals surface area contributed by atoms with Crippen LogP contribution >= 0.6 is 15.6 Å². The molecule has 4 N–H and O–H groups in total. The summed E-state index contributed by atoms with van der Waals surface area (Å²) in [6.45, 7) is 0. The third-order valence-corrected chi connectivity index (χ3v) is 1.91.